The van der Waals surface area contributed by atoms with Gasteiger partial charge < -0.3 is 14.7 Å². The fraction of sp³-hybridized carbons (Fsp3) is 0.417. The van der Waals surface area contributed by atoms with Crippen molar-refractivity contribution in [1.82, 2.24) is 0 Å². The number of methoxy groups -OCH3 is 1. The van der Waals surface area contributed by atoms with E-state index in [1.165, 1.54) is 0 Å². The molecular formula is C12H15BrN2O2. The Morgan fingerprint density at radius 1 is 1.59 bits per heavy atom. The maximum atomic E-state index is 9.64. The lowest BCUT2D eigenvalue weighted by atomic mass is 10.1. The Kier molecular flexibility index (Phi) is 5.42. The molecule has 0 amide bonds. The fourth-order valence-corrected chi connectivity index (χ4v) is 1.95. The highest BCUT2D eigenvalue weighted by atomic mass is 79.9. The number of anilines is 1. The number of aliphatic hydroxyl groups excluding tert-OH is 1. The van der Waals surface area contributed by atoms with Crippen LogP contribution in [0.5, 0.6) is 0 Å². The van der Waals surface area contributed by atoms with E-state index < -0.39 is 6.10 Å². The standard InChI is InChI=1S/C12H15BrN2O2/c1-15(7-11(16)8-17-2)12-4-3-10(13)5-9(12)6-14/h3-5,11,16H,7-8H2,1-2H3. The van der Waals surface area contributed by atoms with Crippen molar-refractivity contribution < 1.29 is 9.84 Å². The zero-order chi connectivity index (χ0) is 12.8. The van der Waals surface area contributed by atoms with E-state index in [2.05, 4.69) is 22.0 Å². The Balaban J connectivity index is 2.82. The topological polar surface area (TPSA) is 56.5 Å². The van der Waals surface area contributed by atoms with E-state index in [1.54, 1.807) is 13.2 Å². The Hall–Kier alpha value is -1.09. The lowest BCUT2D eigenvalue weighted by molar-refractivity contribution is 0.0695. The molecule has 0 saturated carbocycles. The monoisotopic (exact) mass is 298 g/mol. The number of halogens is 1. The van der Waals surface area contributed by atoms with Crippen LogP contribution in [0.15, 0.2) is 22.7 Å². The first-order valence-corrected chi connectivity index (χ1v) is 5.95. The number of hydrogen-bond acceptors (Lipinski definition) is 4. The predicted molar refractivity (Wildman–Crippen MR) is 70.0 cm³/mol. The summed E-state index contributed by atoms with van der Waals surface area (Å²) in [5.74, 6) is 0. The van der Waals surface area contributed by atoms with Crippen LogP contribution in [0.2, 0.25) is 0 Å². The average molecular weight is 299 g/mol. The number of nitriles is 1. The molecule has 17 heavy (non-hydrogen) atoms. The molecule has 0 heterocycles. The zero-order valence-electron chi connectivity index (χ0n) is 9.85. The van der Waals surface area contributed by atoms with E-state index in [4.69, 9.17) is 10.00 Å². The van der Waals surface area contributed by atoms with Crippen LogP contribution in [0.4, 0.5) is 5.69 Å². The van der Waals surface area contributed by atoms with Crippen molar-refractivity contribution in [2.24, 2.45) is 0 Å². The van der Waals surface area contributed by atoms with Crippen LogP contribution in [0.1, 0.15) is 5.56 Å². The van der Waals surface area contributed by atoms with Gasteiger partial charge in [-0.15, -0.1) is 0 Å². The Morgan fingerprint density at radius 2 is 2.29 bits per heavy atom. The first-order chi connectivity index (χ1) is 8.08. The zero-order valence-corrected chi connectivity index (χ0v) is 11.4. The van der Waals surface area contributed by atoms with Crippen molar-refractivity contribution in [2.75, 3.05) is 32.2 Å². The normalized spacial score (nSPS) is 11.9. The second-order valence-corrected chi connectivity index (χ2v) is 4.68. The molecule has 4 nitrogen and oxygen atoms in total. The molecule has 1 aromatic carbocycles. The lowest BCUT2D eigenvalue weighted by Gasteiger charge is -2.23. The molecule has 0 aliphatic rings. The van der Waals surface area contributed by atoms with Gasteiger partial charge in [0.2, 0.25) is 0 Å². The lowest BCUT2D eigenvalue weighted by Crippen LogP contribution is -2.32. The molecule has 0 spiro atoms. The summed E-state index contributed by atoms with van der Waals surface area (Å²) in [5.41, 5.74) is 1.37. The van der Waals surface area contributed by atoms with Gasteiger partial charge in [-0.25, -0.2) is 0 Å². The van der Waals surface area contributed by atoms with Crippen molar-refractivity contribution in [3.05, 3.63) is 28.2 Å². The number of rotatable bonds is 5. The molecule has 0 aliphatic carbocycles. The maximum absolute atomic E-state index is 9.64. The molecule has 0 saturated heterocycles. The van der Waals surface area contributed by atoms with E-state index in [0.717, 1.165) is 10.2 Å². The van der Waals surface area contributed by atoms with E-state index in [9.17, 15) is 5.11 Å². The summed E-state index contributed by atoms with van der Waals surface area (Å²) >= 11 is 3.32. The van der Waals surface area contributed by atoms with Gasteiger partial charge in [-0.1, -0.05) is 15.9 Å². The summed E-state index contributed by atoms with van der Waals surface area (Å²) in [5, 5.41) is 18.7. The van der Waals surface area contributed by atoms with Crippen LogP contribution in [0.3, 0.4) is 0 Å². The van der Waals surface area contributed by atoms with Gasteiger partial charge >= 0.3 is 0 Å². The Labute approximate surface area is 110 Å². The van der Waals surface area contributed by atoms with Gasteiger partial charge in [0.1, 0.15) is 6.07 Å². The number of aliphatic hydroxyl groups is 1. The molecule has 1 atom stereocenters. The van der Waals surface area contributed by atoms with Crippen LogP contribution in [-0.2, 0) is 4.74 Å². The van der Waals surface area contributed by atoms with Gasteiger partial charge in [-0.05, 0) is 18.2 Å². The van der Waals surface area contributed by atoms with E-state index in [0.29, 0.717) is 12.1 Å². The van der Waals surface area contributed by atoms with Gasteiger partial charge in [0.05, 0.1) is 24.0 Å². The highest BCUT2D eigenvalue weighted by Gasteiger charge is 2.12. The molecule has 92 valence electrons. The van der Waals surface area contributed by atoms with Crippen LogP contribution in [0.25, 0.3) is 0 Å². The number of likely N-dealkylation sites (N-methyl/N-ethyl adjacent to an activating group) is 1. The van der Waals surface area contributed by atoms with Gasteiger partial charge in [0.15, 0.2) is 0 Å². The SMILES string of the molecule is COCC(O)CN(C)c1ccc(Br)cc1C#N. The largest absolute Gasteiger partial charge is 0.389 e. The van der Waals surface area contributed by atoms with Crippen LogP contribution in [0, 0.1) is 11.3 Å². The van der Waals surface area contributed by atoms with Gasteiger partial charge in [-0.3, -0.25) is 0 Å². The molecule has 0 radical (unpaired) electrons. The van der Waals surface area contributed by atoms with Crippen molar-refractivity contribution in [1.29, 1.82) is 5.26 Å². The van der Waals surface area contributed by atoms with E-state index in [-0.39, 0.29) is 6.61 Å². The average Bonchev–Trinajstić information content (AvgIpc) is 2.28. The Morgan fingerprint density at radius 3 is 2.88 bits per heavy atom. The molecule has 1 unspecified atom stereocenters. The summed E-state index contributed by atoms with van der Waals surface area (Å²) in [6.07, 6.45) is -0.569. The van der Waals surface area contributed by atoms with Gasteiger partial charge in [0.25, 0.3) is 0 Å². The molecular weight excluding hydrogens is 284 g/mol. The molecule has 1 rings (SSSR count). The maximum Gasteiger partial charge on any atom is 0.101 e. The second kappa shape index (κ2) is 6.60. The molecule has 5 heteroatoms. The third-order valence-electron chi connectivity index (χ3n) is 2.33. The third-order valence-corrected chi connectivity index (χ3v) is 2.83. The van der Waals surface area contributed by atoms with Crippen molar-refractivity contribution in [3.8, 4) is 6.07 Å². The molecule has 0 fully saturated rings. The summed E-state index contributed by atoms with van der Waals surface area (Å²) in [6, 6.07) is 7.62. The highest BCUT2D eigenvalue weighted by Crippen LogP contribution is 2.23. The van der Waals surface area contributed by atoms with Gasteiger partial charge in [0, 0.05) is 25.2 Å². The second-order valence-electron chi connectivity index (χ2n) is 3.76. The number of nitrogens with zero attached hydrogens (tertiary/aromatic N) is 2. The summed E-state index contributed by atoms with van der Waals surface area (Å²) < 4.78 is 5.73. The minimum Gasteiger partial charge on any atom is -0.389 e. The summed E-state index contributed by atoms with van der Waals surface area (Å²) in [4.78, 5) is 1.84. The molecule has 0 aliphatic heterocycles. The quantitative estimate of drug-likeness (QED) is 0.900. The van der Waals surface area contributed by atoms with Crippen LogP contribution < -0.4 is 4.90 Å². The highest BCUT2D eigenvalue weighted by molar-refractivity contribution is 9.10. The summed E-state index contributed by atoms with van der Waals surface area (Å²) in [6.45, 7) is 0.701. The van der Waals surface area contributed by atoms with E-state index in [1.807, 2.05) is 24.1 Å². The van der Waals surface area contributed by atoms with Crippen molar-refractivity contribution in [3.63, 3.8) is 0 Å². The Bertz CT molecular complexity index is 417. The molecule has 0 aromatic heterocycles. The molecule has 0 bridgehead atoms. The molecule has 1 N–H and O–H groups in total. The number of hydrogen-bond donors (Lipinski definition) is 1. The van der Waals surface area contributed by atoms with Crippen molar-refractivity contribution >= 4 is 21.6 Å². The number of ether oxygens (including phenoxy) is 1. The smallest absolute Gasteiger partial charge is 0.101 e. The van der Waals surface area contributed by atoms with E-state index >= 15 is 0 Å². The van der Waals surface area contributed by atoms with Gasteiger partial charge in [-0.2, -0.15) is 5.26 Å². The summed E-state index contributed by atoms with van der Waals surface area (Å²) in [7, 11) is 3.38. The predicted octanol–water partition coefficient (Wildman–Crippen LogP) is 1.76. The number of benzene rings is 1. The minimum absolute atomic E-state index is 0.281. The fourth-order valence-electron chi connectivity index (χ4n) is 1.59. The van der Waals surface area contributed by atoms with Crippen LogP contribution >= 0.6 is 15.9 Å². The minimum atomic E-state index is -0.569. The molecule has 1 aromatic rings. The first-order valence-electron chi connectivity index (χ1n) is 5.16. The first kappa shape index (κ1) is 14.0. The van der Waals surface area contributed by atoms with Crippen LogP contribution in [-0.4, -0.2) is 38.5 Å². The van der Waals surface area contributed by atoms with Crippen molar-refractivity contribution in [2.45, 2.75) is 6.10 Å². The third kappa shape index (κ3) is 4.00.